The predicted octanol–water partition coefficient (Wildman–Crippen LogP) is 4.67. The number of aryl methyl sites for hydroxylation is 1. The van der Waals surface area contributed by atoms with Crippen molar-refractivity contribution in [3.63, 3.8) is 0 Å². The lowest BCUT2D eigenvalue weighted by atomic mass is 10.1. The molecule has 3 aromatic rings. The van der Waals surface area contributed by atoms with Crippen molar-refractivity contribution >= 4 is 32.9 Å². The molecule has 0 aliphatic rings. The van der Waals surface area contributed by atoms with Gasteiger partial charge in [0.05, 0.1) is 23.4 Å². The molecule has 136 valence electrons. The zero-order chi connectivity index (χ0) is 18.8. The highest BCUT2D eigenvalue weighted by Gasteiger charge is 2.22. The number of alkyl halides is 2. The van der Waals surface area contributed by atoms with Gasteiger partial charge < -0.3 is 4.74 Å². The zero-order valence-corrected chi connectivity index (χ0v) is 15.8. The molecule has 0 atom stereocenters. The number of esters is 1. The Labute approximate surface area is 157 Å². The largest absolute Gasteiger partial charge is 0.465 e. The van der Waals surface area contributed by atoms with Crippen molar-refractivity contribution in [2.75, 3.05) is 6.61 Å². The molecular weight excluding hydrogens is 408 g/mol. The van der Waals surface area contributed by atoms with E-state index in [1.807, 2.05) is 12.1 Å². The van der Waals surface area contributed by atoms with Crippen LogP contribution in [0.25, 0.3) is 22.3 Å². The molecule has 26 heavy (non-hydrogen) atoms. The van der Waals surface area contributed by atoms with Gasteiger partial charge in [0.2, 0.25) is 0 Å². The number of carbonyl (C=O) groups is 1. The first-order valence-electron chi connectivity index (χ1n) is 7.98. The van der Waals surface area contributed by atoms with Crippen LogP contribution in [0.15, 0.2) is 34.8 Å². The molecule has 2 heterocycles. The first-order chi connectivity index (χ1) is 12.4. The van der Waals surface area contributed by atoms with E-state index >= 15 is 0 Å². The Morgan fingerprint density at radius 3 is 2.62 bits per heavy atom. The lowest BCUT2D eigenvalue weighted by molar-refractivity contribution is -0.143. The first-order valence-corrected chi connectivity index (χ1v) is 8.77. The van der Waals surface area contributed by atoms with Crippen LogP contribution >= 0.6 is 15.9 Å². The number of rotatable bonds is 5. The van der Waals surface area contributed by atoms with Gasteiger partial charge in [-0.05, 0) is 32.0 Å². The van der Waals surface area contributed by atoms with E-state index in [1.165, 1.54) is 10.7 Å². The van der Waals surface area contributed by atoms with Crippen LogP contribution in [0.4, 0.5) is 8.78 Å². The molecule has 2 aromatic heterocycles. The van der Waals surface area contributed by atoms with Gasteiger partial charge in [-0.25, -0.2) is 18.4 Å². The van der Waals surface area contributed by atoms with E-state index in [1.54, 1.807) is 26.0 Å². The summed E-state index contributed by atoms with van der Waals surface area (Å²) in [6, 6.07) is 8.56. The molecule has 0 aliphatic heterocycles. The van der Waals surface area contributed by atoms with E-state index < -0.39 is 12.4 Å². The average Bonchev–Trinajstić information content (AvgIpc) is 2.90. The molecule has 0 aliphatic carbocycles. The van der Waals surface area contributed by atoms with Crippen molar-refractivity contribution in [2.24, 2.45) is 0 Å². The number of hydrogen-bond donors (Lipinski definition) is 0. The van der Waals surface area contributed by atoms with Crippen molar-refractivity contribution < 1.29 is 18.3 Å². The fourth-order valence-electron chi connectivity index (χ4n) is 2.77. The van der Waals surface area contributed by atoms with Gasteiger partial charge in [0, 0.05) is 15.6 Å². The second-order valence-electron chi connectivity index (χ2n) is 5.65. The molecule has 0 fully saturated rings. The summed E-state index contributed by atoms with van der Waals surface area (Å²) in [7, 11) is 0. The Balaban J connectivity index is 2.19. The lowest BCUT2D eigenvalue weighted by Gasteiger charge is -2.09. The summed E-state index contributed by atoms with van der Waals surface area (Å²) >= 11 is 3.35. The molecule has 8 heteroatoms. The van der Waals surface area contributed by atoms with Crippen molar-refractivity contribution in [1.82, 2.24) is 14.8 Å². The van der Waals surface area contributed by atoms with Crippen LogP contribution in [-0.4, -0.2) is 27.3 Å². The molecule has 1 aromatic carbocycles. The van der Waals surface area contributed by atoms with Gasteiger partial charge in [-0.15, -0.1) is 0 Å². The van der Waals surface area contributed by atoms with Crippen LogP contribution < -0.4 is 0 Å². The summed E-state index contributed by atoms with van der Waals surface area (Å²) in [5.74, 6) is -0.494. The Kier molecular flexibility index (Phi) is 5.31. The van der Waals surface area contributed by atoms with E-state index in [0.717, 1.165) is 4.47 Å². The minimum atomic E-state index is -2.69. The highest BCUT2D eigenvalue weighted by atomic mass is 79.9. The average molecular weight is 424 g/mol. The monoisotopic (exact) mass is 423 g/mol. The first kappa shape index (κ1) is 18.4. The number of benzene rings is 1. The van der Waals surface area contributed by atoms with E-state index in [2.05, 4.69) is 26.0 Å². The molecule has 0 spiro atoms. The second-order valence-corrected chi connectivity index (χ2v) is 6.57. The summed E-state index contributed by atoms with van der Waals surface area (Å²) in [5.41, 5.74) is 1.57. The third-order valence-corrected chi connectivity index (χ3v) is 4.40. The zero-order valence-electron chi connectivity index (χ0n) is 14.2. The smallest absolute Gasteiger partial charge is 0.327 e. The Morgan fingerprint density at radius 1 is 1.31 bits per heavy atom. The highest BCUT2D eigenvalue weighted by molar-refractivity contribution is 9.10. The van der Waals surface area contributed by atoms with E-state index in [9.17, 15) is 13.6 Å². The number of pyridine rings is 1. The second kappa shape index (κ2) is 7.49. The Bertz CT molecular complexity index is 955. The summed E-state index contributed by atoms with van der Waals surface area (Å²) < 4.78 is 34.5. The molecular formula is C18H16BrF2N3O2. The number of hydrogen-bond acceptors (Lipinski definition) is 4. The predicted molar refractivity (Wildman–Crippen MR) is 97.0 cm³/mol. The summed E-state index contributed by atoms with van der Waals surface area (Å²) in [4.78, 5) is 16.3. The molecule has 5 nitrogen and oxygen atoms in total. The van der Waals surface area contributed by atoms with Crippen LogP contribution in [0.2, 0.25) is 0 Å². The Morgan fingerprint density at radius 2 is 2.00 bits per heavy atom. The van der Waals surface area contributed by atoms with Gasteiger partial charge in [-0.3, -0.25) is 4.79 Å². The number of fused-ring (bicyclic) bond motifs is 1. The molecule has 0 radical (unpaired) electrons. The van der Waals surface area contributed by atoms with Gasteiger partial charge in [0.1, 0.15) is 6.54 Å². The minimum absolute atomic E-state index is 0.152. The normalized spacial score (nSPS) is 11.3. The summed E-state index contributed by atoms with van der Waals surface area (Å²) in [6.07, 6.45) is -2.69. The van der Waals surface area contributed by atoms with Gasteiger partial charge in [0.25, 0.3) is 6.43 Å². The molecule has 0 saturated carbocycles. The van der Waals surface area contributed by atoms with Crippen LogP contribution in [0, 0.1) is 6.92 Å². The third kappa shape index (κ3) is 3.60. The van der Waals surface area contributed by atoms with Gasteiger partial charge in [-0.1, -0.05) is 28.1 Å². The van der Waals surface area contributed by atoms with Crippen molar-refractivity contribution in [3.8, 4) is 11.3 Å². The fraction of sp³-hybridized carbons (Fsp3) is 0.278. The summed E-state index contributed by atoms with van der Waals surface area (Å²) in [5, 5.41) is 4.49. The molecule has 0 saturated heterocycles. The number of ether oxygens (including phenoxy) is 1. The summed E-state index contributed by atoms with van der Waals surface area (Å²) in [6.45, 7) is 3.37. The standard InChI is InChI=1S/C18H16BrF2N3O2/c1-3-26-15(25)9-24-18-16(10(2)23-24)13(17(20)21)8-14(22-18)11-4-6-12(19)7-5-11/h4-8,17H,3,9H2,1-2H3. The topological polar surface area (TPSA) is 57.0 Å². The van der Waals surface area contributed by atoms with Crippen LogP contribution in [-0.2, 0) is 16.1 Å². The number of carbonyl (C=O) groups excluding carboxylic acids is 1. The molecule has 0 N–H and O–H groups in total. The quantitative estimate of drug-likeness (QED) is 0.559. The molecule has 0 amide bonds. The van der Waals surface area contributed by atoms with Crippen LogP contribution in [0.1, 0.15) is 24.6 Å². The maximum Gasteiger partial charge on any atom is 0.327 e. The fourth-order valence-corrected chi connectivity index (χ4v) is 3.03. The van der Waals surface area contributed by atoms with Crippen LogP contribution in [0.3, 0.4) is 0 Å². The van der Waals surface area contributed by atoms with E-state index in [4.69, 9.17) is 4.74 Å². The Hall–Kier alpha value is -2.35. The lowest BCUT2D eigenvalue weighted by Crippen LogP contribution is -2.15. The maximum absolute atomic E-state index is 13.7. The number of nitrogens with zero attached hydrogens (tertiary/aromatic N) is 3. The maximum atomic E-state index is 13.7. The molecule has 0 bridgehead atoms. The number of aromatic nitrogens is 3. The van der Waals surface area contributed by atoms with Crippen molar-refractivity contribution in [1.29, 1.82) is 0 Å². The van der Waals surface area contributed by atoms with Gasteiger partial charge >= 0.3 is 5.97 Å². The highest BCUT2D eigenvalue weighted by Crippen LogP contribution is 2.33. The van der Waals surface area contributed by atoms with Gasteiger partial charge in [0.15, 0.2) is 5.65 Å². The minimum Gasteiger partial charge on any atom is -0.465 e. The van der Waals surface area contributed by atoms with Crippen LogP contribution in [0.5, 0.6) is 0 Å². The molecule has 0 unspecified atom stereocenters. The van der Waals surface area contributed by atoms with Crippen molar-refractivity contribution in [2.45, 2.75) is 26.8 Å². The SMILES string of the molecule is CCOC(=O)Cn1nc(C)c2c(C(F)F)cc(-c3ccc(Br)cc3)nc21. The van der Waals surface area contributed by atoms with Gasteiger partial charge in [-0.2, -0.15) is 5.10 Å². The number of halogens is 3. The van der Waals surface area contributed by atoms with Crippen molar-refractivity contribution in [3.05, 3.63) is 46.1 Å². The third-order valence-electron chi connectivity index (χ3n) is 3.87. The van der Waals surface area contributed by atoms with E-state index in [0.29, 0.717) is 17.0 Å². The van der Waals surface area contributed by atoms with E-state index in [-0.39, 0.29) is 29.7 Å². The molecule has 3 rings (SSSR count).